The average Bonchev–Trinajstić information content (AvgIpc) is 3.00. The predicted octanol–water partition coefficient (Wildman–Crippen LogP) is 1.98. The smallest absolute Gasteiger partial charge is 0.409 e. The van der Waals surface area contributed by atoms with Gasteiger partial charge in [0.25, 0.3) is 0 Å². The zero-order valence-corrected chi connectivity index (χ0v) is 13.4. The van der Waals surface area contributed by atoms with E-state index >= 15 is 0 Å². The number of nitrogens with zero attached hydrogens (tertiary/aromatic N) is 2. The van der Waals surface area contributed by atoms with Crippen LogP contribution in [0.15, 0.2) is 30.5 Å². The molecule has 1 saturated heterocycles. The Balaban J connectivity index is 1.57. The zero-order chi connectivity index (χ0) is 16.2. The molecule has 2 aromatic rings. The summed E-state index contributed by atoms with van der Waals surface area (Å²) in [5.41, 5.74) is 1.96. The first kappa shape index (κ1) is 15.8. The molecule has 6 nitrogen and oxygen atoms in total. The Morgan fingerprint density at radius 1 is 1.30 bits per heavy atom. The van der Waals surface area contributed by atoms with Crippen LogP contribution in [0.5, 0.6) is 0 Å². The second-order valence-corrected chi connectivity index (χ2v) is 5.79. The number of aromatic nitrogens is 1. The summed E-state index contributed by atoms with van der Waals surface area (Å²) < 4.78 is 5.02. The number of aliphatic hydroxyl groups excluding tert-OH is 1. The Kier molecular flexibility index (Phi) is 4.83. The minimum atomic E-state index is -0.541. The van der Waals surface area contributed by atoms with Gasteiger partial charge in [0, 0.05) is 55.4 Å². The van der Waals surface area contributed by atoms with Gasteiger partial charge in [0.2, 0.25) is 0 Å². The number of H-pyrrole nitrogens is 1. The largest absolute Gasteiger partial charge is 0.450 e. The van der Waals surface area contributed by atoms with Crippen LogP contribution in [0, 0.1) is 0 Å². The lowest BCUT2D eigenvalue weighted by Crippen LogP contribution is -2.49. The number of aromatic amines is 1. The van der Waals surface area contributed by atoms with E-state index in [9.17, 15) is 9.90 Å². The van der Waals surface area contributed by atoms with Crippen molar-refractivity contribution in [3.63, 3.8) is 0 Å². The predicted molar refractivity (Wildman–Crippen MR) is 88.3 cm³/mol. The molecule has 1 aromatic heterocycles. The first-order valence-electron chi connectivity index (χ1n) is 8.07. The molecule has 1 aromatic carbocycles. The van der Waals surface area contributed by atoms with E-state index in [0.717, 1.165) is 29.6 Å². The van der Waals surface area contributed by atoms with Gasteiger partial charge in [0.1, 0.15) is 0 Å². The fourth-order valence-electron chi connectivity index (χ4n) is 3.04. The monoisotopic (exact) mass is 317 g/mol. The minimum Gasteiger partial charge on any atom is -0.450 e. The van der Waals surface area contributed by atoms with Crippen LogP contribution >= 0.6 is 0 Å². The van der Waals surface area contributed by atoms with Crippen LogP contribution < -0.4 is 0 Å². The summed E-state index contributed by atoms with van der Waals surface area (Å²) >= 11 is 0. The van der Waals surface area contributed by atoms with Crippen molar-refractivity contribution < 1.29 is 14.6 Å². The van der Waals surface area contributed by atoms with Gasteiger partial charge in [-0.1, -0.05) is 18.2 Å². The highest BCUT2D eigenvalue weighted by atomic mass is 16.6. The van der Waals surface area contributed by atoms with Gasteiger partial charge < -0.3 is 19.7 Å². The maximum Gasteiger partial charge on any atom is 0.409 e. The SMILES string of the molecule is CCOC(=O)N1CCN(C[C@@H](O)c2c[nH]c3ccccc23)CC1. The number of carbonyl (C=O) groups excluding carboxylic acids is 1. The topological polar surface area (TPSA) is 68.8 Å². The third-order valence-electron chi connectivity index (χ3n) is 4.31. The van der Waals surface area contributed by atoms with Crippen molar-refractivity contribution in [2.75, 3.05) is 39.3 Å². The summed E-state index contributed by atoms with van der Waals surface area (Å²) in [5, 5.41) is 11.6. The van der Waals surface area contributed by atoms with E-state index in [1.807, 2.05) is 37.4 Å². The number of hydrogen-bond acceptors (Lipinski definition) is 4. The van der Waals surface area contributed by atoms with Crippen LogP contribution in [0.3, 0.4) is 0 Å². The number of aliphatic hydroxyl groups is 1. The van der Waals surface area contributed by atoms with Gasteiger partial charge in [-0.25, -0.2) is 4.79 Å². The first-order chi connectivity index (χ1) is 11.2. The van der Waals surface area contributed by atoms with Gasteiger partial charge in [-0.3, -0.25) is 4.90 Å². The molecule has 3 rings (SSSR count). The summed E-state index contributed by atoms with van der Waals surface area (Å²) in [6.07, 6.45) is 1.09. The van der Waals surface area contributed by atoms with E-state index in [1.165, 1.54) is 0 Å². The Bertz CT molecular complexity index is 662. The molecule has 0 spiro atoms. The number of fused-ring (bicyclic) bond motifs is 1. The van der Waals surface area contributed by atoms with Crippen LogP contribution in [-0.2, 0) is 4.74 Å². The maximum atomic E-state index is 11.7. The van der Waals surface area contributed by atoms with Crippen molar-refractivity contribution in [1.29, 1.82) is 0 Å². The standard InChI is InChI=1S/C17H23N3O3/c1-2-23-17(22)20-9-7-19(8-10-20)12-16(21)14-11-18-15-6-4-3-5-13(14)15/h3-6,11,16,18,21H,2,7-10,12H2,1H3/t16-/m1/s1. The number of ether oxygens (including phenoxy) is 1. The number of para-hydroxylation sites is 1. The second-order valence-electron chi connectivity index (χ2n) is 5.79. The molecule has 124 valence electrons. The maximum absolute atomic E-state index is 11.7. The fraction of sp³-hybridized carbons (Fsp3) is 0.471. The van der Waals surface area contributed by atoms with E-state index in [4.69, 9.17) is 4.74 Å². The van der Waals surface area contributed by atoms with Gasteiger partial charge in [0.05, 0.1) is 12.7 Å². The van der Waals surface area contributed by atoms with Crippen LogP contribution in [0.4, 0.5) is 4.79 Å². The van der Waals surface area contributed by atoms with Gasteiger partial charge >= 0.3 is 6.09 Å². The van der Waals surface area contributed by atoms with Gasteiger partial charge in [0.15, 0.2) is 0 Å². The Morgan fingerprint density at radius 2 is 2.04 bits per heavy atom. The first-order valence-corrected chi connectivity index (χ1v) is 8.07. The van der Waals surface area contributed by atoms with Crippen LogP contribution in [0.1, 0.15) is 18.6 Å². The third kappa shape index (κ3) is 3.48. The zero-order valence-electron chi connectivity index (χ0n) is 13.4. The number of amides is 1. The summed E-state index contributed by atoms with van der Waals surface area (Å²) in [4.78, 5) is 18.8. The van der Waals surface area contributed by atoms with Crippen molar-refractivity contribution >= 4 is 17.0 Å². The number of benzene rings is 1. The molecule has 2 heterocycles. The van der Waals surface area contributed by atoms with Crippen molar-refractivity contribution in [2.24, 2.45) is 0 Å². The number of piperazine rings is 1. The highest BCUT2D eigenvalue weighted by Crippen LogP contribution is 2.24. The summed E-state index contributed by atoms with van der Waals surface area (Å²) in [7, 11) is 0. The summed E-state index contributed by atoms with van der Waals surface area (Å²) in [6, 6.07) is 7.97. The Labute approximate surface area is 135 Å². The van der Waals surface area contributed by atoms with Gasteiger partial charge in [-0.2, -0.15) is 0 Å². The highest BCUT2D eigenvalue weighted by Gasteiger charge is 2.24. The molecule has 0 radical (unpaired) electrons. The van der Waals surface area contributed by atoms with Crippen LogP contribution in [0.2, 0.25) is 0 Å². The van der Waals surface area contributed by atoms with E-state index in [-0.39, 0.29) is 6.09 Å². The lowest BCUT2D eigenvalue weighted by molar-refractivity contribution is 0.0582. The number of hydrogen-bond donors (Lipinski definition) is 2. The number of rotatable bonds is 4. The quantitative estimate of drug-likeness (QED) is 0.905. The van der Waals surface area contributed by atoms with E-state index in [0.29, 0.717) is 26.2 Å². The Hall–Kier alpha value is -2.05. The van der Waals surface area contributed by atoms with E-state index in [1.54, 1.807) is 4.90 Å². The number of nitrogens with one attached hydrogen (secondary N) is 1. The molecule has 0 bridgehead atoms. The molecule has 23 heavy (non-hydrogen) atoms. The number of β-amino-alcohol motifs (C(OH)–C–C–N with tert-alkyl or cyclic N) is 1. The molecule has 0 unspecified atom stereocenters. The normalized spacial score (nSPS) is 17.4. The van der Waals surface area contributed by atoms with Crippen molar-refractivity contribution in [3.8, 4) is 0 Å². The van der Waals surface area contributed by atoms with Gasteiger partial charge in [-0.15, -0.1) is 0 Å². The summed E-state index contributed by atoms with van der Waals surface area (Å²) in [5.74, 6) is 0. The molecular formula is C17H23N3O3. The molecule has 2 N–H and O–H groups in total. The average molecular weight is 317 g/mol. The molecular weight excluding hydrogens is 294 g/mol. The van der Waals surface area contributed by atoms with E-state index in [2.05, 4.69) is 9.88 Å². The molecule has 6 heteroatoms. The summed E-state index contributed by atoms with van der Waals surface area (Å²) in [6.45, 7) is 5.55. The van der Waals surface area contributed by atoms with Crippen LogP contribution in [0.25, 0.3) is 10.9 Å². The second kappa shape index (κ2) is 7.02. The van der Waals surface area contributed by atoms with Crippen LogP contribution in [-0.4, -0.2) is 65.3 Å². The van der Waals surface area contributed by atoms with E-state index < -0.39 is 6.10 Å². The lowest BCUT2D eigenvalue weighted by atomic mass is 10.1. The fourth-order valence-corrected chi connectivity index (χ4v) is 3.04. The molecule has 0 saturated carbocycles. The van der Waals surface area contributed by atoms with Crippen molar-refractivity contribution in [1.82, 2.24) is 14.8 Å². The molecule has 1 atom stereocenters. The molecule has 1 amide bonds. The molecule has 0 aliphatic carbocycles. The van der Waals surface area contributed by atoms with Crippen molar-refractivity contribution in [2.45, 2.75) is 13.0 Å². The minimum absolute atomic E-state index is 0.246. The molecule has 1 aliphatic rings. The molecule has 1 fully saturated rings. The Morgan fingerprint density at radius 3 is 2.78 bits per heavy atom. The molecule has 1 aliphatic heterocycles. The third-order valence-corrected chi connectivity index (χ3v) is 4.31. The number of carbonyl (C=O) groups is 1. The lowest BCUT2D eigenvalue weighted by Gasteiger charge is -2.34. The van der Waals surface area contributed by atoms with Gasteiger partial charge in [-0.05, 0) is 13.0 Å². The highest BCUT2D eigenvalue weighted by molar-refractivity contribution is 5.83. The van der Waals surface area contributed by atoms with Crippen molar-refractivity contribution in [3.05, 3.63) is 36.0 Å².